The summed E-state index contributed by atoms with van der Waals surface area (Å²) < 4.78 is 5.79. The average molecular weight is 172 g/mol. The molecule has 2 fully saturated rings. The molecule has 2 heteroatoms. The van der Waals surface area contributed by atoms with E-state index in [0.717, 1.165) is 12.5 Å². The molecule has 1 nitrogen and oxygen atoms in total. The number of ether oxygens (including phenoxy) is 1. The van der Waals surface area contributed by atoms with Crippen LogP contribution in [-0.2, 0) is 4.74 Å². The van der Waals surface area contributed by atoms with Gasteiger partial charge in [-0.25, -0.2) is 0 Å². The fourth-order valence-corrected chi connectivity index (χ4v) is 3.43. The molecule has 0 bridgehead atoms. The third-order valence-electron chi connectivity index (χ3n) is 2.96. The molecule has 1 aliphatic heterocycles. The molecular weight excluding hydrogens is 156 g/mol. The quantitative estimate of drug-likeness (QED) is 0.601. The Hall–Kier alpha value is 0.310. The molecule has 2 rings (SSSR count). The zero-order chi connectivity index (χ0) is 7.73. The normalized spacial score (nSPS) is 40.1. The summed E-state index contributed by atoms with van der Waals surface area (Å²) in [7, 11) is 0. The summed E-state index contributed by atoms with van der Waals surface area (Å²) in [5, 5.41) is 0. The maximum absolute atomic E-state index is 5.79. The summed E-state index contributed by atoms with van der Waals surface area (Å²) in [6.45, 7) is 3.25. The van der Waals surface area contributed by atoms with Crippen molar-refractivity contribution < 1.29 is 4.74 Å². The van der Waals surface area contributed by atoms with E-state index in [0.29, 0.717) is 0 Å². The van der Waals surface area contributed by atoms with Crippen LogP contribution in [0, 0.1) is 5.92 Å². The van der Waals surface area contributed by atoms with Crippen LogP contribution >= 0.6 is 11.8 Å². The van der Waals surface area contributed by atoms with Gasteiger partial charge in [-0.15, -0.1) is 11.8 Å². The summed E-state index contributed by atoms with van der Waals surface area (Å²) in [4.78, 5) is 0.191. The molecule has 64 valence electrons. The predicted octanol–water partition coefficient (Wildman–Crippen LogP) is 2.66. The van der Waals surface area contributed by atoms with Gasteiger partial charge >= 0.3 is 0 Å². The molecule has 1 saturated carbocycles. The fourth-order valence-electron chi connectivity index (χ4n) is 2.22. The van der Waals surface area contributed by atoms with Crippen molar-refractivity contribution in [2.24, 2.45) is 5.92 Å². The van der Waals surface area contributed by atoms with Crippen molar-refractivity contribution in [1.82, 2.24) is 0 Å². The third-order valence-corrected chi connectivity index (χ3v) is 4.35. The molecule has 0 amide bonds. The van der Waals surface area contributed by atoms with Gasteiger partial charge in [0.25, 0.3) is 0 Å². The highest BCUT2D eigenvalue weighted by atomic mass is 32.2. The van der Waals surface area contributed by atoms with E-state index in [4.69, 9.17) is 4.74 Å². The number of thioether (sulfide) groups is 1. The standard InChI is InChI=1S/C9H16OS/c1-9(10-6-7-11-9)8-4-2-3-5-8/h8H,2-7H2,1H3. The SMILES string of the molecule is CC1(C2CCCC2)OCCS1. The van der Waals surface area contributed by atoms with E-state index in [1.807, 2.05) is 11.8 Å². The average Bonchev–Trinajstić information content (AvgIpc) is 2.55. The number of hydrogen-bond donors (Lipinski definition) is 0. The fraction of sp³-hybridized carbons (Fsp3) is 1.00. The first-order valence-corrected chi connectivity index (χ1v) is 5.58. The molecule has 1 heterocycles. The molecule has 1 saturated heterocycles. The van der Waals surface area contributed by atoms with Crippen molar-refractivity contribution in [3.05, 3.63) is 0 Å². The first-order valence-electron chi connectivity index (χ1n) is 4.59. The van der Waals surface area contributed by atoms with Crippen molar-refractivity contribution in [3.8, 4) is 0 Å². The molecular formula is C9H16OS. The molecule has 0 N–H and O–H groups in total. The van der Waals surface area contributed by atoms with Gasteiger partial charge in [0.05, 0.1) is 6.61 Å². The summed E-state index contributed by atoms with van der Waals surface area (Å²) >= 11 is 2.02. The van der Waals surface area contributed by atoms with Crippen molar-refractivity contribution in [2.75, 3.05) is 12.4 Å². The lowest BCUT2D eigenvalue weighted by atomic mass is 10.0. The van der Waals surface area contributed by atoms with Crippen LogP contribution in [-0.4, -0.2) is 17.3 Å². The summed E-state index contributed by atoms with van der Waals surface area (Å²) in [5.41, 5.74) is 0. The number of hydrogen-bond acceptors (Lipinski definition) is 2. The van der Waals surface area contributed by atoms with Crippen molar-refractivity contribution in [1.29, 1.82) is 0 Å². The Morgan fingerprint density at radius 2 is 2.09 bits per heavy atom. The second kappa shape index (κ2) is 2.98. The van der Waals surface area contributed by atoms with Gasteiger partial charge in [0, 0.05) is 5.75 Å². The van der Waals surface area contributed by atoms with Crippen LogP contribution in [0.25, 0.3) is 0 Å². The van der Waals surface area contributed by atoms with E-state index in [9.17, 15) is 0 Å². The molecule has 0 aromatic carbocycles. The van der Waals surface area contributed by atoms with Gasteiger partial charge in [-0.1, -0.05) is 12.8 Å². The lowest BCUT2D eigenvalue weighted by molar-refractivity contribution is 0.0221. The maximum Gasteiger partial charge on any atom is 0.113 e. The minimum atomic E-state index is 0.191. The highest BCUT2D eigenvalue weighted by Gasteiger charge is 2.40. The van der Waals surface area contributed by atoms with Crippen LogP contribution in [0.4, 0.5) is 0 Å². The van der Waals surface area contributed by atoms with Crippen molar-refractivity contribution in [3.63, 3.8) is 0 Å². The topological polar surface area (TPSA) is 9.23 Å². The third kappa shape index (κ3) is 1.43. The Balaban J connectivity index is 2.00. The molecule has 2 aliphatic rings. The van der Waals surface area contributed by atoms with E-state index in [1.54, 1.807) is 0 Å². The predicted molar refractivity (Wildman–Crippen MR) is 48.8 cm³/mol. The van der Waals surface area contributed by atoms with Gasteiger partial charge in [-0.05, 0) is 25.7 Å². The van der Waals surface area contributed by atoms with Crippen LogP contribution in [0.15, 0.2) is 0 Å². The van der Waals surface area contributed by atoms with Gasteiger partial charge in [0.2, 0.25) is 0 Å². The molecule has 1 atom stereocenters. The molecule has 1 aliphatic carbocycles. The Kier molecular flexibility index (Phi) is 2.15. The van der Waals surface area contributed by atoms with Gasteiger partial charge in [-0.3, -0.25) is 0 Å². The van der Waals surface area contributed by atoms with Crippen LogP contribution in [0.1, 0.15) is 32.6 Å². The van der Waals surface area contributed by atoms with Gasteiger partial charge < -0.3 is 4.74 Å². The zero-order valence-electron chi connectivity index (χ0n) is 7.14. The Morgan fingerprint density at radius 1 is 1.36 bits per heavy atom. The number of rotatable bonds is 1. The zero-order valence-corrected chi connectivity index (χ0v) is 7.95. The summed E-state index contributed by atoms with van der Waals surface area (Å²) in [6.07, 6.45) is 5.63. The molecule has 0 aromatic heterocycles. The van der Waals surface area contributed by atoms with E-state index in [1.165, 1.54) is 31.4 Å². The van der Waals surface area contributed by atoms with Crippen LogP contribution in [0.5, 0.6) is 0 Å². The largest absolute Gasteiger partial charge is 0.363 e. The Bertz CT molecular complexity index is 134. The monoisotopic (exact) mass is 172 g/mol. The molecule has 11 heavy (non-hydrogen) atoms. The van der Waals surface area contributed by atoms with Gasteiger partial charge in [-0.2, -0.15) is 0 Å². The molecule has 1 unspecified atom stereocenters. The highest BCUT2D eigenvalue weighted by Crippen LogP contribution is 2.45. The smallest absolute Gasteiger partial charge is 0.113 e. The first-order chi connectivity index (χ1) is 5.31. The van der Waals surface area contributed by atoms with Crippen LogP contribution < -0.4 is 0 Å². The second-order valence-corrected chi connectivity index (χ2v) is 5.20. The van der Waals surface area contributed by atoms with Gasteiger partial charge in [0.1, 0.15) is 4.93 Å². The minimum Gasteiger partial charge on any atom is -0.363 e. The Labute approximate surface area is 72.9 Å². The van der Waals surface area contributed by atoms with E-state index < -0.39 is 0 Å². The van der Waals surface area contributed by atoms with Gasteiger partial charge in [0.15, 0.2) is 0 Å². The highest BCUT2D eigenvalue weighted by molar-refractivity contribution is 8.00. The summed E-state index contributed by atoms with van der Waals surface area (Å²) in [5.74, 6) is 2.04. The van der Waals surface area contributed by atoms with E-state index in [2.05, 4.69) is 6.92 Å². The lowest BCUT2D eigenvalue weighted by Gasteiger charge is -2.28. The molecule has 0 aromatic rings. The van der Waals surface area contributed by atoms with Crippen molar-refractivity contribution >= 4 is 11.8 Å². The molecule has 0 radical (unpaired) electrons. The Morgan fingerprint density at radius 3 is 2.64 bits per heavy atom. The van der Waals surface area contributed by atoms with E-state index in [-0.39, 0.29) is 4.93 Å². The maximum atomic E-state index is 5.79. The minimum absolute atomic E-state index is 0.191. The molecule has 0 spiro atoms. The van der Waals surface area contributed by atoms with E-state index >= 15 is 0 Å². The van der Waals surface area contributed by atoms with Crippen LogP contribution in [0.2, 0.25) is 0 Å². The lowest BCUT2D eigenvalue weighted by Crippen LogP contribution is -2.28. The summed E-state index contributed by atoms with van der Waals surface area (Å²) in [6, 6.07) is 0. The van der Waals surface area contributed by atoms with Crippen LogP contribution in [0.3, 0.4) is 0 Å². The van der Waals surface area contributed by atoms with Crippen molar-refractivity contribution in [2.45, 2.75) is 37.5 Å². The second-order valence-electron chi connectivity index (χ2n) is 3.69. The first kappa shape index (κ1) is 7.93.